The van der Waals surface area contributed by atoms with Crippen LogP contribution in [-0.2, 0) is 6.54 Å². The third-order valence-electron chi connectivity index (χ3n) is 5.45. The molecule has 4 aromatic rings. The molecular weight excluding hydrogens is 468 g/mol. The summed E-state index contributed by atoms with van der Waals surface area (Å²) in [6.07, 6.45) is 0. The molecule has 1 aliphatic heterocycles. The van der Waals surface area contributed by atoms with Gasteiger partial charge in [-0.3, -0.25) is 4.79 Å². The molecule has 0 bridgehead atoms. The summed E-state index contributed by atoms with van der Waals surface area (Å²) in [6, 6.07) is 24.4. The summed E-state index contributed by atoms with van der Waals surface area (Å²) in [4.78, 5) is 29.5. The summed E-state index contributed by atoms with van der Waals surface area (Å²) in [5.74, 6) is -1.57. The van der Waals surface area contributed by atoms with Gasteiger partial charge in [0.1, 0.15) is 11.6 Å². The van der Waals surface area contributed by atoms with E-state index in [1.54, 1.807) is 23.1 Å². The van der Waals surface area contributed by atoms with Crippen LogP contribution in [0.15, 0.2) is 101 Å². The third kappa shape index (κ3) is 4.88. The zero-order valence-electron chi connectivity index (χ0n) is 18.3. The van der Waals surface area contributed by atoms with Crippen molar-refractivity contribution in [3.05, 3.63) is 114 Å². The van der Waals surface area contributed by atoms with E-state index in [0.717, 1.165) is 33.6 Å². The number of halogens is 2. The number of urea groups is 1. The quantitative estimate of drug-likeness (QED) is 0.328. The number of carbonyl (C=O) groups is 2. The monoisotopic (exact) mass is 487 g/mol. The van der Waals surface area contributed by atoms with Crippen LogP contribution in [-0.4, -0.2) is 11.9 Å². The Kier molecular flexibility index (Phi) is 6.20. The molecular formula is C27H19F2N3O2S. The first kappa shape index (κ1) is 22.6. The number of hydrogen-bond donors (Lipinski definition) is 2. The average Bonchev–Trinajstić information content (AvgIpc) is 2.97. The molecule has 4 aromatic carbocycles. The molecule has 0 aromatic heterocycles. The van der Waals surface area contributed by atoms with E-state index in [4.69, 9.17) is 0 Å². The van der Waals surface area contributed by atoms with Gasteiger partial charge in [0.2, 0.25) is 0 Å². The summed E-state index contributed by atoms with van der Waals surface area (Å²) in [6.45, 7) is 0.339. The second-order valence-corrected chi connectivity index (χ2v) is 8.94. The predicted octanol–water partition coefficient (Wildman–Crippen LogP) is 6.92. The number of nitrogens with zero attached hydrogens (tertiary/aromatic N) is 1. The molecule has 0 spiro atoms. The van der Waals surface area contributed by atoms with Gasteiger partial charge in [0.05, 0.1) is 23.5 Å². The first-order valence-corrected chi connectivity index (χ1v) is 11.6. The fourth-order valence-electron chi connectivity index (χ4n) is 3.80. The minimum absolute atomic E-state index is 0.154. The number of carbonyl (C=O) groups excluding carboxylic acids is 2. The number of fused-ring (bicyclic) bond motifs is 2. The van der Waals surface area contributed by atoms with Gasteiger partial charge in [-0.05, 0) is 48.0 Å². The maximum absolute atomic E-state index is 13.9. The van der Waals surface area contributed by atoms with Gasteiger partial charge in [0, 0.05) is 21.5 Å². The molecule has 0 atom stereocenters. The Morgan fingerprint density at radius 3 is 2.43 bits per heavy atom. The van der Waals surface area contributed by atoms with Gasteiger partial charge >= 0.3 is 6.03 Å². The Morgan fingerprint density at radius 1 is 0.829 bits per heavy atom. The molecule has 1 heterocycles. The second kappa shape index (κ2) is 9.60. The smallest absolute Gasteiger partial charge is 0.308 e. The molecule has 0 radical (unpaired) electrons. The molecule has 1 aliphatic rings. The van der Waals surface area contributed by atoms with Gasteiger partial charge in [-0.25, -0.2) is 13.6 Å². The van der Waals surface area contributed by atoms with Gasteiger partial charge in [-0.2, -0.15) is 0 Å². The number of hydrogen-bond acceptors (Lipinski definition) is 3. The fourth-order valence-corrected chi connectivity index (χ4v) is 4.86. The number of nitrogens with one attached hydrogen (secondary N) is 2. The molecule has 2 N–H and O–H groups in total. The third-order valence-corrected chi connectivity index (χ3v) is 6.59. The van der Waals surface area contributed by atoms with E-state index in [1.807, 2.05) is 54.6 Å². The van der Waals surface area contributed by atoms with Gasteiger partial charge in [0.15, 0.2) is 0 Å². The molecule has 0 unspecified atom stereocenters. The highest BCUT2D eigenvalue weighted by molar-refractivity contribution is 7.99. The van der Waals surface area contributed by atoms with Crippen LogP contribution < -0.4 is 15.5 Å². The van der Waals surface area contributed by atoms with Crippen molar-refractivity contribution >= 4 is 40.8 Å². The maximum Gasteiger partial charge on any atom is 0.323 e. The second-order valence-electron chi connectivity index (χ2n) is 7.86. The van der Waals surface area contributed by atoms with Gasteiger partial charge in [-0.1, -0.05) is 54.2 Å². The molecule has 8 heteroatoms. The molecule has 5 nitrogen and oxygen atoms in total. The lowest BCUT2D eigenvalue weighted by atomic mass is 10.1. The SMILES string of the molecule is O=C(Nc1ccc2c(c1)N(Cc1ccccc1)C(=O)c1ccccc1S2)Nc1cc(F)ccc1F. The van der Waals surface area contributed by atoms with E-state index in [9.17, 15) is 18.4 Å². The van der Waals surface area contributed by atoms with E-state index in [0.29, 0.717) is 23.5 Å². The van der Waals surface area contributed by atoms with E-state index in [-0.39, 0.29) is 11.6 Å². The van der Waals surface area contributed by atoms with E-state index in [2.05, 4.69) is 10.6 Å². The van der Waals surface area contributed by atoms with Crippen molar-refractivity contribution in [2.24, 2.45) is 0 Å². The highest BCUT2D eigenvalue weighted by Crippen LogP contribution is 2.43. The summed E-state index contributed by atoms with van der Waals surface area (Å²) in [7, 11) is 0. The Morgan fingerprint density at radius 2 is 1.60 bits per heavy atom. The highest BCUT2D eigenvalue weighted by Gasteiger charge is 2.27. The van der Waals surface area contributed by atoms with Crippen LogP contribution >= 0.6 is 11.8 Å². The lowest BCUT2D eigenvalue weighted by molar-refractivity contribution is 0.0982. The predicted molar refractivity (Wildman–Crippen MR) is 133 cm³/mol. The first-order valence-electron chi connectivity index (χ1n) is 10.8. The summed E-state index contributed by atoms with van der Waals surface area (Å²) in [5, 5.41) is 4.96. The van der Waals surface area contributed by atoms with Crippen molar-refractivity contribution in [1.29, 1.82) is 0 Å². The van der Waals surface area contributed by atoms with Crippen LogP contribution in [0.3, 0.4) is 0 Å². The Hall–Kier alpha value is -4.17. The Bertz CT molecular complexity index is 1430. The molecule has 35 heavy (non-hydrogen) atoms. The van der Waals surface area contributed by atoms with Gasteiger partial charge in [0.25, 0.3) is 5.91 Å². The number of benzene rings is 4. The van der Waals surface area contributed by atoms with Crippen LogP contribution in [0.2, 0.25) is 0 Å². The fraction of sp³-hybridized carbons (Fsp3) is 0.0370. The zero-order valence-corrected chi connectivity index (χ0v) is 19.1. The molecule has 3 amide bonds. The van der Waals surface area contributed by atoms with Crippen molar-refractivity contribution in [1.82, 2.24) is 0 Å². The maximum atomic E-state index is 13.9. The van der Waals surface area contributed by atoms with Gasteiger partial charge in [-0.15, -0.1) is 0 Å². The molecule has 0 saturated heterocycles. The average molecular weight is 488 g/mol. The molecule has 174 valence electrons. The molecule has 0 saturated carbocycles. The molecule has 0 aliphatic carbocycles. The minimum Gasteiger partial charge on any atom is -0.308 e. The molecule has 0 fully saturated rings. The normalized spacial score (nSPS) is 12.4. The highest BCUT2D eigenvalue weighted by atomic mass is 32.2. The van der Waals surface area contributed by atoms with Crippen molar-refractivity contribution < 1.29 is 18.4 Å². The summed E-state index contributed by atoms with van der Waals surface area (Å²) >= 11 is 1.47. The Balaban J connectivity index is 1.47. The minimum atomic E-state index is -0.753. The molecule has 5 rings (SSSR count). The number of anilines is 3. The van der Waals surface area contributed by atoms with Gasteiger partial charge < -0.3 is 15.5 Å². The first-order chi connectivity index (χ1) is 17.0. The van der Waals surface area contributed by atoms with Crippen LogP contribution in [0.1, 0.15) is 15.9 Å². The van der Waals surface area contributed by atoms with Crippen molar-refractivity contribution in [2.45, 2.75) is 16.3 Å². The van der Waals surface area contributed by atoms with E-state index in [1.165, 1.54) is 11.8 Å². The van der Waals surface area contributed by atoms with Crippen LogP contribution in [0.4, 0.5) is 30.6 Å². The number of amides is 3. The summed E-state index contributed by atoms with van der Waals surface area (Å²) in [5.41, 5.74) is 2.31. The lowest BCUT2D eigenvalue weighted by Gasteiger charge is -2.24. The van der Waals surface area contributed by atoms with Crippen LogP contribution in [0.25, 0.3) is 0 Å². The van der Waals surface area contributed by atoms with Crippen molar-refractivity contribution in [2.75, 3.05) is 15.5 Å². The summed E-state index contributed by atoms with van der Waals surface area (Å²) < 4.78 is 27.4. The van der Waals surface area contributed by atoms with Crippen LogP contribution in [0.5, 0.6) is 0 Å². The van der Waals surface area contributed by atoms with Crippen LogP contribution in [0, 0.1) is 11.6 Å². The van der Waals surface area contributed by atoms with Crippen molar-refractivity contribution in [3.63, 3.8) is 0 Å². The Labute approximate surface area is 204 Å². The zero-order chi connectivity index (χ0) is 24.4. The topological polar surface area (TPSA) is 61.4 Å². The lowest BCUT2D eigenvalue weighted by Crippen LogP contribution is -2.30. The van der Waals surface area contributed by atoms with Crippen molar-refractivity contribution in [3.8, 4) is 0 Å². The van der Waals surface area contributed by atoms with E-state index < -0.39 is 17.7 Å². The largest absolute Gasteiger partial charge is 0.323 e. The number of rotatable bonds is 4. The van der Waals surface area contributed by atoms with E-state index >= 15 is 0 Å². The standard InChI is InChI=1S/C27H19F2N3O2S/c28-18-10-12-21(29)22(14-18)31-27(34)30-19-11-13-25-23(15-19)32(16-17-6-2-1-3-7-17)26(33)20-8-4-5-9-24(20)35-25/h1-15H,16H2,(H2,30,31,34).